The topological polar surface area (TPSA) is 75.6 Å². The van der Waals surface area contributed by atoms with Gasteiger partial charge in [0.05, 0.1) is 12.3 Å². The molecule has 148 valence electrons. The van der Waals surface area contributed by atoms with Crippen molar-refractivity contribution in [3.63, 3.8) is 0 Å². The lowest BCUT2D eigenvalue weighted by molar-refractivity contribution is -0.116. The summed E-state index contributed by atoms with van der Waals surface area (Å²) in [5.41, 5.74) is 2.92. The van der Waals surface area contributed by atoms with Crippen molar-refractivity contribution in [1.82, 2.24) is 0 Å². The van der Waals surface area contributed by atoms with E-state index in [0.29, 0.717) is 17.9 Å². The third-order valence-corrected chi connectivity index (χ3v) is 6.19. The van der Waals surface area contributed by atoms with Gasteiger partial charge < -0.3 is 15.2 Å². The average Bonchev–Trinajstić information content (AvgIpc) is 3.12. The highest BCUT2D eigenvalue weighted by molar-refractivity contribution is 7.15. The maximum Gasteiger partial charge on any atom is 0.346 e. The van der Waals surface area contributed by atoms with Crippen LogP contribution in [0.15, 0.2) is 54.6 Å². The monoisotopic (exact) mass is 407 g/mol. The third kappa shape index (κ3) is 3.76. The highest BCUT2D eigenvalue weighted by Crippen LogP contribution is 2.49. The Morgan fingerprint density at radius 3 is 2.72 bits per heavy atom. The third-order valence-electron chi connectivity index (χ3n) is 4.90. The van der Waals surface area contributed by atoms with Gasteiger partial charge in [0.1, 0.15) is 10.6 Å². The van der Waals surface area contributed by atoms with Crippen LogP contribution in [0.3, 0.4) is 0 Å². The number of aromatic carboxylic acids is 1. The number of ether oxygens (including phenoxy) is 1. The summed E-state index contributed by atoms with van der Waals surface area (Å²) < 4.78 is 5.75. The Hall–Kier alpha value is -3.12. The van der Waals surface area contributed by atoms with Crippen LogP contribution in [0.2, 0.25) is 0 Å². The Kier molecular flexibility index (Phi) is 5.36. The van der Waals surface area contributed by atoms with Crippen molar-refractivity contribution in [2.75, 3.05) is 11.9 Å². The van der Waals surface area contributed by atoms with Gasteiger partial charge in [-0.3, -0.25) is 4.79 Å². The molecular weight excluding hydrogens is 386 g/mol. The molecule has 3 aromatic rings. The van der Waals surface area contributed by atoms with E-state index in [1.807, 2.05) is 61.5 Å². The molecule has 0 saturated carbocycles. The van der Waals surface area contributed by atoms with E-state index in [0.717, 1.165) is 28.2 Å². The van der Waals surface area contributed by atoms with Crippen molar-refractivity contribution in [2.24, 2.45) is 0 Å². The largest absolute Gasteiger partial charge is 0.494 e. The van der Waals surface area contributed by atoms with Crippen molar-refractivity contribution in [3.05, 3.63) is 69.9 Å². The number of carboxylic acid groups (broad SMARTS) is 1. The van der Waals surface area contributed by atoms with Crippen molar-refractivity contribution in [1.29, 1.82) is 0 Å². The van der Waals surface area contributed by atoms with Gasteiger partial charge in [-0.15, -0.1) is 11.3 Å². The molecule has 0 fully saturated rings. The molecule has 4 rings (SSSR count). The number of thiophene rings is 1. The van der Waals surface area contributed by atoms with Crippen LogP contribution in [-0.2, 0) is 4.79 Å². The van der Waals surface area contributed by atoms with Crippen molar-refractivity contribution in [2.45, 2.75) is 25.7 Å². The van der Waals surface area contributed by atoms with Gasteiger partial charge in [-0.25, -0.2) is 4.79 Å². The van der Waals surface area contributed by atoms with Crippen molar-refractivity contribution in [3.8, 4) is 16.9 Å². The Labute approximate surface area is 173 Å². The van der Waals surface area contributed by atoms with E-state index >= 15 is 0 Å². The predicted octanol–water partition coefficient (Wildman–Crippen LogP) is 5.38. The first kappa shape index (κ1) is 19.2. The van der Waals surface area contributed by atoms with Crippen LogP contribution >= 0.6 is 11.3 Å². The SMILES string of the molecule is CCCOc1cccc([C@H]2CC(=O)Nc3c2sc(C(=O)O)c3-c2ccccc2)c1. The lowest BCUT2D eigenvalue weighted by atomic mass is 9.88. The van der Waals surface area contributed by atoms with Gasteiger partial charge in [-0.1, -0.05) is 49.4 Å². The maximum atomic E-state index is 12.5. The molecule has 1 aliphatic heterocycles. The van der Waals surface area contributed by atoms with Crippen molar-refractivity contribution < 1.29 is 19.4 Å². The minimum absolute atomic E-state index is 0.116. The summed E-state index contributed by atoms with van der Waals surface area (Å²) in [5, 5.41) is 12.7. The Balaban J connectivity index is 1.84. The van der Waals surface area contributed by atoms with E-state index in [2.05, 4.69) is 5.32 Å². The summed E-state index contributed by atoms with van der Waals surface area (Å²) in [6.45, 7) is 2.67. The summed E-state index contributed by atoms with van der Waals surface area (Å²) in [6, 6.07) is 17.1. The number of benzene rings is 2. The van der Waals surface area contributed by atoms with Crippen LogP contribution in [-0.4, -0.2) is 23.6 Å². The van der Waals surface area contributed by atoms with Crippen molar-refractivity contribution >= 4 is 28.9 Å². The molecule has 1 atom stereocenters. The zero-order valence-corrected chi connectivity index (χ0v) is 16.8. The van der Waals surface area contributed by atoms with Crippen LogP contribution in [0.25, 0.3) is 11.1 Å². The number of hydrogen-bond donors (Lipinski definition) is 2. The average molecular weight is 407 g/mol. The molecular formula is C23H21NO4S. The van der Waals surface area contributed by atoms with E-state index in [4.69, 9.17) is 4.74 Å². The summed E-state index contributed by atoms with van der Waals surface area (Å²) in [7, 11) is 0. The van der Waals surface area contributed by atoms with E-state index in [1.165, 1.54) is 11.3 Å². The number of carbonyl (C=O) groups excluding carboxylic acids is 1. The van der Waals surface area contributed by atoms with Gasteiger partial charge in [-0.05, 0) is 29.7 Å². The molecule has 0 spiro atoms. The van der Waals surface area contributed by atoms with Gasteiger partial charge in [0.15, 0.2) is 0 Å². The fourth-order valence-corrected chi connectivity index (χ4v) is 4.87. The molecule has 2 heterocycles. The number of rotatable bonds is 6. The van der Waals surface area contributed by atoms with Gasteiger partial charge >= 0.3 is 5.97 Å². The predicted molar refractivity (Wildman–Crippen MR) is 114 cm³/mol. The molecule has 0 aliphatic carbocycles. The summed E-state index contributed by atoms with van der Waals surface area (Å²) in [4.78, 5) is 25.6. The molecule has 0 radical (unpaired) electrons. The fourth-order valence-electron chi connectivity index (χ4n) is 3.63. The lowest BCUT2D eigenvalue weighted by Crippen LogP contribution is -2.22. The minimum Gasteiger partial charge on any atom is -0.494 e. The zero-order chi connectivity index (χ0) is 20.4. The van der Waals surface area contributed by atoms with Crippen LogP contribution in [0.5, 0.6) is 5.75 Å². The highest BCUT2D eigenvalue weighted by Gasteiger charge is 2.34. The van der Waals surface area contributed by atoms with E-state index in [1.54, 1.807) is 0 Å². The number of nitrogens with one attached hydrogen (secondary N) is 1. The van der Waals surface area contributed by atoms with Crippen LogP contribution < -0.4 is 10.1 Å². The Morgan fingerprint density at radius 1 is 1.21 bits per heavy atom. The second-order valence-electron chi connectivity index (χ2n) is 6.94. The second kappa shape index (κ2) is 8.09. The first-order valence-corrected chi connectivity index (χ1v) is 10.4. The van der Waals surface area contributed by atoms with Gasteiger partial charge in [0, 0.05) is 22.8 Å². The van der Waals surface area contributed by atoms with Crippen LogP contribution in [0, 0.1) is 0 Å². The number of anilines is 1. The molecule has 5 nitrogen and oxygen atoms in total. The van der Waals surface area contributed by atoms with E-state index < -0.39 is 5.97 Å². The molecule has 0 unspecified atom stereocenters. The van der Waals surface area contributed by atoms with Gasteiger partial charge in [0.2, 0.25) is 5.91 Å². The second-order valence-corrected chi connectivity index (χ2v) is 7.99. The van der Waals surface area contributed by atoms with E-state index in [-0.39, 0.29) is 23.1 Å². The van der Waals surface area contributed by atoms with Crippen LogP contribution in [0.1, 0.15) is 45.8 Å². The molecule has 1 amide bonds. The minimum atomic E-state index is -0.990. The molecule has 2 N–H and O–H groups in total. The summed E-state index contributed by atoms with van der Waals surface area (Å²) in [6.07, 6.45) is 1.19. The quantitative estimate of drug-likeness (QED) is 0.575. The smallest absolute Gasteiger partial charge is 0.346 e. The number of amides is 1. The normalized spacial score (nSPS) is 15.5. The molecule has 1 aliphatic rings. The summed E-state index contributed by atoms with van der Waals surface area (Å²) in [5.74, 6) is -0.551. The fraction of sp³-hybridized carbons (Fsp3) is 0.217. The van der Waals surface area contributed by atoms with Crippen LogP contribution in [0.4, 0.5) is 5.69 Å². The molecule has 29 heavy (non-hydrogen) atoms. The molecule has 1 aromatic heterocycles. The first-order valence-electron chi connectivity index (χ1n) is 9.56. The number of fused-ring (bicyclic) bond motifs is 1. The lowest BCUT2D eigenvalue weighted by Gasteiger charge is -2.24. The molecule has 0 bridgehead atoms. The number of carbonyl (C=O) groups is 2. The molecule has 2 aromatic carbocycles. The standard InChI is InChI=1S/C23H21NO4S/c1-2-11-28-16-10-6-9-15(12-16)17-13-18(25)24-20-19(14-7-4-3-5-8-14)22(23(26)27)29-21(17)20/h3-10,12,17H,2,11,13H2,1H3,(H,24,25)(H,26,27)/t17-/m1/s1. The van der Waals surface area contributed by atoms with Gasteiger partial charge in [0.25, 0.3) is 0 Å². The molecule has 6 heteroatoms. The zero-order valence-electron chi connectivity index (χ0n) is 16.0. The maximum absolute atomic E-state index is 12.5. The summed E-state index contributed by atoms with van der Waals surface area (Å²) >= 11 is 1.24. The van der Waals surface area contributed by atoms with E-state index in [9.17, 15) is 14.7 Å². The Bertz CT molecular complexity index is 1060. The first-order chi connectivity index (χ1) is 14.1. The molecule has 0 saturated heterocycles. The number of hydrogen-bond acceptors (Lipinski definition) is 4. The number of carboxylic acids is 1. The Morgan fingerprint density at radius 2 is 2.00 bits per heavy atom. The van der Waals surface area contributed by atoms with Gasteiger partial charge in [-0.2, -0.15) is 0 Å². The highest BCUT2D eigenvalue weighted by atomic mass is 32.1.